The topological polar surface area (TPSA) is 34.1 Å². The second-order valence-electron chi connectivity index (χ2n) is 4.98. The molecule has 3 nitrogen and oxygen atoms in total. The average molecular weight is 320 g/mol. The van der Waals surface area contributed by atoms with Crippen LogP contribution in [-0.4, -0.2) is 47.2 Å². The van der Waals surface area contributed by atoms with Gasteiger partial charge in [0.25, 0.3) is 0 Å². The molecule has 2 heterocycles. The van der Waals surface area contributed by atoms with Gasteiger partial charge in [-0.1, -0.05) is 18.2 Å². The van der Waals surface area contributed by atoms with E-state index in [0.717, 1.165) is 23.2 Å². The normalized spacial score (nSPS) is 16.8. The van der Waals surface area contributed by atoms with Crippen molar-refractivity contribution in [1.82, 2.24) is 10.3 Å². The van der Waals surface area contributed by atoms with Crippen molar-refractivity contribution in [3.63, 3.8) is 0 Å². The quantitative estimate of drug-likeness (QED) is 0.857. The molecule has 112 valence electrons. The third kappa shape index (κ3) is 4.28. The predicted molar refractivity (Wildman–Crippen MR) is 93.7 cm³/mol. The maximum Gasteiger partial charge on any atom is 0.145 e. The molecular formula is C16H20N2OS2. The van der Waals surface area contributed by atoms with E-state index in [1.807, 2.05) is 47.9 Å². The van der Waals surface area contributed by atoms with Crippen LogP contribution in [0.25, 0.3) is 10.9 Å². The number of rotatable bonds is 5. The Hall–Kier alpha value is -0.910. The highest BCUT2D eigenvalue weighted by molar-refractivity contribution is 8.03. The average Bonchev–Trinajstić information content (AvgIpc) is 2.80. The molecule has 0 radical (unpaired) electrons. The molecule has 0 amide bonds. The van der Waals surface area contributed by atoms with Crippen LogP contribution in [0.15, 0.2) is 36.5 Å². The Bertz CT molecular complexity index is 566. The molecular weight excluding hydrogens is 300 g/mol. The lowest BCUT2D eigenvalue weighted by Gasteiger charge is -2.16. The van der Waals surface area contributed by atoms with Gasteiger partial charge < -0.3 is 10.1 Å². The standard InChI is InChI=1S/C16H20N2OS2/c1-3-13-4-2-6-18-16(13)15(5-1)19-8-7-17-14-11-20-9-10-21-12-14/h1-6,14,17H,7-12H2. The van der Waals surface area contributed by atoms with Crippen LogP contribution in [0.4, 0.5) is 0 Å². The van der Waals surface area contributed by atoms with Crippen molar-refractivity contribution in [3.05, 3.63) is 36.5 Å². The number of nitrogens with zero attached hydrogens (tertiary/aromatic N) is 1. The number of fused-ring (bicyclic) bond motifs is 1. The van der Waals surface area contributed by atoms with Gasteiger partial charge in [-0.15, -0.1) is 0 Å². The fourth-order valence-electron chi connectivity index (χ4n) is 2.35. The minimum atomic E-state index is 0.608. The fourth-order valence-corrected chi connectivity index (χ4v) is 4.82. The molecule has 0 spiro atoms. The van der Waals surface area contributed by atoms with Crippen molar-refractivity contribution in [3.8, 4) is 5.75 Å². The summed E-state index contributed by atoms with van der Waals surface area (Å²) in [4.78, 5) is 4.41. The van der Waals surface area contributed by atoms with Crippen LogP contribution in [-0.2, 0) is 0 Å². The molecule has 0 unspecified atom stereocenters. The van der Waals surface area contributed by atoms with Gasteiger partial charge in [0.15, 0.2) is 0 Å². The summed E-state index contributed by atoms with van der Waals surface area (Å²) in [7, 11) is 0. The number of para-hydroxylation sites is 1. The summed E-state index contributed by atoms with van der Waals surface area (Å²) in [6.07, 6.45) is 1.81. The van der Waals surface area contributed by atoms with Crippen molar-refractivity contribution in [2.24, 2.45) is 0 Å². The highest BCUT2D eigenvalue weighted by atomic mass is 32.2. The molecule has 1 saturated heterocycles. The highest BCUT2D eigenvalue weighted by Crippen LogP contribution is 2.22. The van der Waals surface area contributed by atoms with Gasteiger partial charge in [-0.2, -0.15) is 23.5 Å². The fraction of sp³-hybridized carbons (Fsp3) is 0.438. The smallest absolute Gasteiger partial charge is 0.145 e. The summed E-state index contributed by atoms with van der Waals surface area (Å²) in [6.45, 7) is 1.57. The number of pyridine rings is 1. The Balaban J connectivity index is 1.50. The van der Waals surface area contributed by atoms with Crippen LogP contribution in [0.1, 0.15) is 0 Å². The van der Waals surface area contributed by atoms with E-state index >= 15 is 0 Å². The summed E-state index contributed by atoms with van der Waals surface area (Å²) >= 11 is 4.09. The first-order valence-corrected chi connectivity index (χ1v) is 9.60. The second-order valence-corrected chi connectivity index (χ2v) is 7.28. The van der Waals surface area contributed by atoms with Crippen LogP contribution in [0.2, 0.25) is 0 Å². The van der Waals surface area contributed by atoms with E-state index in [0.29, 0.717) is 12.6 Å². The molecule has 1 aliphatic heterocycles. The first-order valence-electron chi connectivity index (χ1n) is 7.29. The molecule has 0 atom stereocenters. The zero-order valence-corrected chi connectivity index (χ0v) is 13.6. The van der Waals surface area contributed by atoms with E-state index in [4.69, 9.17) is 4.74 Å². The van der Waals surface area contributed by atoms with Crippen LogP contribution >= 0.6 is 23.5 Å². The van der Waals surface area contributed by atoms with Crippen LogP contribution < -0.4 is 10.1 Å². The molecule has 1 aromatic heterocycles. The lowest BCUT2D eigenvalue weighted by molar-refractivity contribution is 0.312. The maximum atomic E-state index is 5.90. The lowest BCUT2D eigenvalue weighted by atomic mass is 10.2. The van der Waals surface area contributed by atoms with Gasteiger partial charge in [0, 0.05) is 47.2 Å². The van der Waals surface area contributed by atoms with Gasteiger partial charge >= 0.3 is 0 Å². The van der Waals surface area contributed by atoms with Crippen molar-refractivity contribution in [1.29, 1.82) is 0 Å². The Morgan fingerprint density at radius 3 is 2.81 bits per heavy atom. The van der Waals surface area contributed by atoms with E-state index in [-0.39, 0.29) is 0 Å². The maximum absolute atomic E-state index is 5.90. The summed E-state index contributed by atoms with van der Waals surface area (Å²) in [6, 6.07) is 10.7. The number of benzene rings is 1. The van der Waals surface area contributed by atoms with Crippen LogP contribution in [0, 0.1) is 0 Å². The molecule has 1 aromatic carbocycles. The molecule has 1 fully saturated rings. The summed E-state index contributed by atoms with van der Waals surface area (Å²) in [5.41, 5.74) is 0.945. The number of hydrogen-bond donors (Lipinski definition) is 1. The van der Waals surface area contributed by atoms with Crippen LogP contribution in [0.5, 0.6) is 5.75 Å². The monoisotopic (exact) mass is 320 g/mol. The molecule has 1 N–H and O–H groups in total. The molecule has 0 saturated carbocycles. The zero-order valence-electron chi connectivity index (χ0n) is 12.0. The van der Waals surface area contributed by atoms with Crippen molar-refractivity contribution < 1.29 is 4.74 Å². The number of ether oxygens (including phenoxy) is 1. The number of aromatic nitrogens is 1. The SMILES string of the molecule is c1cnc2c(OCCNC3CSCCSC3)cccc2c1. The van der Waals surface area contributed by atoms with Gasteiger partial charge in [-0.25, -0.2) is 0 Å². The van der Waals surface area contributed by atoms with E-state index in [1.54, 1.807) is 0 Å². The predicted octanol–water partition coefficient (Wildman–Crippen LogP) is 3.05. The first-order chi connectivity index (χ1) is 10.4. The van der Waals surface area contributed by atoms with E-state index in [1.165, 1.54) is 23.0 Å². The van der Waals surface area contributed by atoms with Crippen molar-refractivity contribution in [2.75, 3.05) is 36.2 Å². The Morgan fingerprint density at radius 2 is 1.95 bits per heavy atom. The number of hydrogen-bond acceptors (Lipinski definition) is 5. The highest BCUT2D eigenvalue weighted by Gasteiger charge is 2.11. The van der Waals surface area contributed by atoms with Crippen molar-refractivity contribution in [2.45, 2.75) is 6.04 Å². The van der Waals surface area contributed by atoms with Gasteiger partial charge in [0.05, 0.1) is 0 Å². The Kier molecular flexibility index (Phi) is 5.66. The van der Waals surface area contributed by atoms with E-state index in [9.17, 15) is 0 Å². The number of nitrogens with one attached hydrogen (secondary N) is 1. The Morgan fingerprint density at radius 1 is 1.14 bits per heavy atom. The van der Waals surface area contributed by atoms with Gasteiger partial charge in [0.1, 0.15) is 17.9 Å². The summed E-state index contributed by atoms with van der Waals surface area (Å²) < 4.78 is 5.90. The molecule has 2 aromatic rings. The van der Waals surface area contributed by atoms with E-state index in [2.05, 4.69) is 22.4 Å². The van der Waals surface area contributed by atoms with Crippen molar-refractivity contribution >= 4 is 34.4 Å². The number of thioether (sulfide) groups is 2. The molecule has 1 aliphatic rings. The molecule has 5 heteroatoms. The molecule has 0 aliphatic carbocycles. The third-order valence-electron chi connectivity index (χ3n) is 3.40. The summed E-state index contributed by atoms with van der Waals surface area (Å²) in [5, 5.41) is 4.72. The van der Waals surface area contributed by atoms with Gasteiger partial charge in [0.2, 0.25) is 0 Å². The Labute approximate surface area is 134 Å². The third-order valence-corrected chi connectivity index (χ3v) is 5.92. The largest absolute Gasteiger partial charge is 0.490 e. The zero-order chi connectivity index (χ0) is 14.3. The van der Waals surface area contributed by atoms with Gasteiger partial charge in [-0.3, -0.25) is 4.98 Å². The molecule has 0 bridgehead atoms. The first kappa shape index (κ1) is 15.0. The van der Waals surface area contributed by atoms with E-state index < -0.39 is 0 Å². The molecule has 21 heavy (non-hydrogen) atoms. The van der Waals surface area contributed by atoms with Crippen LogP contribution in [0.3, 0.4) is 0 Å². The summed E-state index contributed by atoms with van der Waals surface area (Å²) in [5.74, 6) is 5.85. The second kappa shape index (κ2) is 7.92. The van der Waals surface area contributed by atoms with Gasteiger partial charge in [-0.05, 0) is 12.1 Å². The molecule has 3 rings (SSSR count). The lowest BCUT2D eigenvalue weighted by Crippen LogP contribution is -2.36. The minimum Gasteiger partial charge on any atom is -0.490 e. The minimum absolute atomic E-state index is 0.608.